The van der Waals surface area contributed by atoms with E-state index in [4.69, 9.17) is 19.9 Å². The van der Waals surface area contributed by atoms with Crippen molar-refractivity contribution in [2.24, 2.45) is 0 Å². The highest BCUT2D eigenvalue weighted by Crippen LogP contribution is 2.34. The second kappa shape index (κ2) is 5.84. The quantitative estimate of drug-likeness (QED) is 0.868. The van der Waals surface area contributed by atoms with Crippen LogP contribution in [-0.2, 0) is 0 Å². The van der Waals surface area contributed by atoms with E-state index in [1.165, 1.54) is 0 Å². The molecule has 100 valence electrons. The van der Waals surface area contributed by atoms with Crippen LogP contribution in [0.2, 0.25) is 0 Å². The SMILES string of the molecule is COc1cc(OC)cc(Oc2ccc(Br)cc2N)c1. The van der Waals surface area contributed by atoms with Gasteiger partial charge in [-0.3, -0.25) is 0 Å². The van der Waals surface area contributed by atoms with Crippen LogP contribution in [0.1, 0.15) is 0 Å². The summed E-state index contributed by atoms with van der Waals surface area (Å²) in [7, 11) is 3.18. The van der Waals surface area contributed by atoms with Crippen molar-refractivity contribution in [2.45, 2.75) is 0 Å². The van der Waals surface area contributed by atoms with E-state index in [-0.39, 0.29) is 0 Å². The lowest BCUT2D eigenvalue weighted by Gasteiger charge is -2.11. The largest absolute Gasteiger partial charge is 0.496 e. The summed E-state index contributed by atoms with van der Waals surface area (Å²) in [6, 6.07) is 10.8. The number of benzene rings is 2. The van der Waals surface area contributed by atoms with Gasteiger partial charge in [-0.05, 0) is 18.2 Å². The number of anilines is 1. The molecule has 0 aliphatic rings. The number of rotatable bonds is 4. The Morgan fingerprint density at radius 1 is 0.895 bits per heavy atom. The Hall–Kier alpha value is -1.88. The van der Waals surface area contributed by atoms with E-state index in [0.717, 1.165) is 4.47 Å². The summed E-state index contributed by atoms with van der Waals surface area (Å²) in [4.78, 5) is 0. The van der Waals surface area contributed by atoms with Crippen LogP contribution in [0, 0.1) is 0 Å². The average Bonchev–Trinajstić information content (AvgIpc) is 2.41. The second-order valence-electron chi connectivity index (χ2n) is 3.83. The third kappa shape index (κ3) is 3.32. The molecule has 0 heterocycles. The van der Waals surface area contributed by atoms with Crippen molar-refractivity contribution in [1.82, 2.24) is 0 Å². The minimum Gasteiger partial charge on any atom is -0.496 e. The van der Waals surface area contributed by atoms with Crippen LogP contribution in [0.25, 0.3) is 0 Å². The number of hydrogen-bond acceptors (Lipinski definition) is 4. The molecule has 2 rings (SSSR count). The van der Waals surface area contributed by atoms with Gasteiger partial charge in [0, 0.05) is 22.7 Å². The highest BCUT2D eigenvalue weighted by molar-refractivity contribution is 9.10. The summed E-state index contributed by atoms with van der Waals surface area (Å²) in [5.74, 6) is 2.50. The molecule has 2 aromatic carbocycles. The number of nitrogens with two attached hydrogens (primary N) is 1. The Labute approximate surface area is 120 Å². The van der Waals surface area contributed by atoms with Gasteiger partial charge in [0.05, 0.1) is 19.9 Å². The maximum absolute atomic E-state index is 5.89. The van der Waals surface area contributed by atoms with E-state index < -0.39 is 0 Å². The second-order valence-corrected chi connectivity index (χ2v) is 4.75. The van der Waals surface area contributed by atoms with Crippen molar-refractivity contribution in [3.8, 4) is 23.0 Å². The molecule has 19 heavy (non-hydrogen) atoms. The van der Waals surface area contributed by atoms with Crippen LogP contribution >= 0.6 is 15.9 Å². The monoisotopic (exact) mass is 323 g/mol. The molecule has 0 spiro atoms. The molecule has 0 aromatic heterocycles. The zero-order valence-electron chi connectivity index (χ0n) is 10.6. The molecule has 0 bridgehead atoms. The molecule has 5 heteroatoms. The summed E-state index contributed by atoms with van der Waals surface area (Å²) >= 11 is 3.35. The molecule has 0 radical (unpaired) electrons. The zero-order chi connectivity index (χ0) is 13.8. The fourth-order valence-corrected chi connectivity index (χ4v) is 1.96. The Morgan fingerprint density at radius 2 is 1.47 bits per heavy atom. The Balaban J connectivity index is 2.31. The topological polar surface area (TPSA) is 53.7 Å². The number of hydrogen-bond donors (Lipinski definition) is 1. The maximum atomic E-state index is 5.89. The lowest BCUT2D eigenvalue weighted by atomic mass is 10.3. The maximum Gasteiger partial charge on any atom is 0.150 e. The van der Waals surface area contributed by atoms with Gasteiger partial charge in [0.15, 0.2) is 0 Å². The first-order valence-corrected chi connectivity index (χ1v) is 6.37. The zero-order valence-corrected chi connectivity index (χ0v) is 12.2. The third-order valence-electron chi connectivity index (χ3n) is 2.52. The minimum absolute atomic E-state index is 0.552. The van der Waals surface area contributed by atoms with E-state index in [2.05, 4.69) is 15.9 Å². The predicted octanol–water partition coefficient (Wildman–Crippen LogP) is 3.84. The fourth-order valence-electron chi connectivity index (χ4n) is 1.58. The van der Waals surface area contributed by atoms with Crippen LogP contribution < -0.4 is 19.9 Å². The van der Waals surface area contributed by atoms with Gasteiger partial charge >= 0.3 is 0 Å². The van der Waals surface area contributed by atoms with Crippen LogP contribution in [0.5, 0.6) is 23.0 Å². The standard InChI is InChI=1S/C14H14BrNO3/c1-17-10-6-11(18-2)8-12(7-10)19-14-4-3-9(15)5-13(14)16/h3-8H,16H2,1-2H3. The van der Waals surface area contributed by atoms with Crippen LogP contribution in [0.3, 0.4) is 0 Å². The van der Waals surface area contributed by atoms with Crippen LogP contribution in [0.15, 0.2) is 40.9 Å². The van der Waals surface area contributed by atoms with E-state index in [9.17, 15) is 0 Å². The molecule has 0 fully saturated rings. The third-order valence-corrected chi connectivity index (χ3v) is 3.02. The minimum atomic E-state index is 0.552. The van der Waals surface area contributed by atoms with Crippen molar-refractivity contribution in [1.29, 1.82) is 0 Å². The van der Waals surface area contributed by atoms with Gasteiger partial charge in [-0.25, -0.2) is 0 Å². The van der Waals surface area contributed by atoms with E-state index in [1.807, 2.05) is 6.07 Å². The Kier molecular flexibility index (Phi) is 4.16. The molecule has 0 atom stereocenters. The molecule has 2 aromatic rings. The normalized spacial score (nSPS) is 10.1. The van der Waals surface area contributed by atoms with Gasteiger partial charge in [0.1, 0.15) is 23.0 Å². The smallest absolute Gasteiger partial charge is 0.150 e. The summed E-state index contributed by atoms with van der Waals surface area (Å²) < 4.78 is 17.0. The van der Waals surface area contributed by atoms with Crippen molar-refractivity contribution >= 4 is 21.6 Å². The van der Waals surface area contributed by atoms with E-state index >= 15 is 0 Å². The van der Waals surface area contributed by atoms with Crippen molar-refractivity contribution in [2.75, 3.05) is 20.0 Å². The predicted molar refractivity (Wildman–Crippen MR) is 78.2 cm³/mol. The summed E-state index contributed by atoms with van der Waals surface area (Å²) in [6.07, 6.45) is 0. The lowest BCUT2D eigenvalue weighted by Crippen LogP contribution is -1.93. The van der Waals surface area contributed by atoms with Crippen molar-refractivity contribution in [3.63, 3.8) is 0 Å². The van der Waals surface area contributed by atoms with Gasteiger partial charge < -0.3 is 19.9 Å². The Morgan fingerprint density at radius 3 is 2.00 bits per heavy atom. The van der Waals surface area contributed by atoms with E-state index in [0.29, 0.717) is 28.7 Å². The molecule has 0 saturated heterocycles. The average molecular weight is 324 g/mol. The number of ether oxygens (including phenoxy) is 3. The van der Waals surface area contributed by atoms with E-state index in [1.54, 1.807) is 44.6 Å². The molecule has 0 saturated carbocycles. The van der Waals surface area contributed by atoms with Gasteiger partial charge in [-0.15, -0.1) is 0 Å². The van der Waals surface area contributed by atoms with Gasteiger partial charge in [-0.2, -0.15) is 0 Å². The first-order chi connectivity index (χ1) is 9.12. The summed E-state index contributed by atoms with van der Waals surface area (Å²) in [5, 5.41) is 0. The first kappa shape index (κ1) is 13.5. The van der Waals surface area contributed by atoms with Crippen molar-refractivity contribution in [3.05, 3.63) is 40.9 Å². The summed E-state index contributed by atoms with van der Waals surface area (Å²) in [5.41, 5.74) is 6.44. The van der Waals surface area contributed by atoms with Crippen LogP contribution in [0.4, 0.5) is 5.69 Å². The first-order valence-electron chi connectivity index (χ1n) is 5.58. The van der Waals surface area contributed by atoms with Crippen LogP contribution in [-0.4, -0.2) is 14.2 Å². The molecular formula is C14H14BrNO3. The van der Waals surface area contributed by atoms with Gasteiger partial charge in [0.2, 0.25) is 0 Å². The fraction of sp³-hybridized carbons (Fsp3) is 0.143. The van der Waals surface area contributed by atoms with Gasteiger partial charge in [-0.1, -0.05) is 15.9 Å². The molecule has 0 aliphatic carbocycles. The Bertz CT molecular complexity index is 565. The number of halogens is 1. The number of nitrogen functional groups attached to an aromatic ring is 1. The summed E-state index contributed by atoms with van der Waals surface area (Å²) in [6.45, 7) is 0. The molecule has 2 N–H and O–H groups in total. The highest BCUT2D eigenvalue weighted by atomic mass is 79.9. The molecule has 0 amide bonds. The molecular weight excluding hydrogens is 310 g/mol. The molecule has 0 unspecified atom stereocenters. The number of methoxy groups -OCH3 is 2. The molecule has 4 nitrogen and oxygen atoms in total. The van der Waals surface area contributed by atoms with Gasteiger partial charge in [0.25, 0.3) is 0 Å². The van der Waals surface area contributed by atoms with Crippen molar-refractivity contribution < 1.29 is 14.2 Å². The molecule has 0 aliphatic heterocycles. The lowest BCUT2D eigenvalue weighted by molar-refractivity contribution is 0.386. The highest BCUT2D eigenvalue weighted by Gasteiger charge is 2.06.